The molecule has 0 radical (unpaired) electrons. The maximum absolute atomic E-state index is 12.3. The Morgan fingerprint density at radius 3 is 2.57 bits per heavy atom. The quantitative estimate of drug-likeness (QED) is 0.860. The largest absolute Gasteiger partial charge is 0.366 e. The number of amides is 1. The van der Waals surface area contributed by atoms with Crippen LogP contribution in [0.3, 0.4) is 0 Å². The van der Waals surface area contributed by atoms with Gasteiger partial charge in [-0.2, -0.15) is 0 Å². The van der Waals surface area contributed by atoms with Crippen LogP contribution in [0.25, 0.3) is 0 Å². The van der Waals surface area contributed by atoms with Crippen molar-refractivity contribution in [3.63, 3.8) is 0 Å². The number of halogens is 1. The van der Waals surface area contributed by atoms with Crippen molar-refractivity contribution in [3.05, 3.63) is 52.3 Å². The summed E-state index contributed by atoms with van der Waals surface area (Å²) < 4.78 is 27.5. The topological polar surface area (TPSA) is 102 Å². The van der Waals surface area contributed by atoms with Gasteiger partial charge in [0.05, 0.1) is 5.69 Å². The monoisotopic (exact) mass is 369 g/mol. The second-order valence-corrected chi connectivity index (χ2v) is 6.94. The molecule has 0 bridgehead atoms. The number of aromatic nitrogens is 1. The van der Waals surface area contributed by atoms with Gasteiger partial charge in [-0.3, -0.25) is 14.5 Å². The lowest BCUT2D eigenvalue weighted by Crippen LogP contribution is -2.15. The Morgan fingerprint density at radius 2 is 2.00 bits per heavy atom. The third-order valence-corrected chi connectivity index (χ3v) is 4.51. The molecule has 2 rings (SSSR count). The summed E-state index contributed by atoms with van der Waals surface area (Å²) in [6.45, 7) is 1.68. The van der Waals surface area contributed by atoms with Crippen molar-refractivity contribution >= 4 is 37.5 Å². The van der Waals surface area contributed by atoms with Crippen molar-refractivity contribution in [2.45, 2.75) is 11.8 Å². The molecule has 2 aromatic rings. The first-order chi connectivity index (χ1) is 9.79. The molecule has 3 N–H and O–H groups in total. The van der Waals surface area contributed by atoms with E-state index in [4.69, 9.17) is 5.73 Å². The van der Waals surface area contributed by atoms with Crippen molar-refractivity contribution in [2.24, 2.45) is 5.73 Å². The molecule has 0 aliphatic heterocycles. The number of primary amides is 1. The molecule has 0 aliphatic carbocycles. The van der Waals surface area contributed by atoms with E-state index in [1.165, 1.54) is 36.7 Å². The number of anilines is 1. The van der Waals surface area contributed by atoms with Crippen molar-refractivity contribution in [2.75, 3.05) is 4.72 Å². The summed E-state index contributed by atoms with van der Waals surface area (Å²) in [5.74, 6) is -0.566. The molecule has 0 spiro atoms. The van der Waals surface area contributed by atoms with E-state index in [0.29, 0.717) is 21.3 Å². The van der Waals surface area contributed by atoms with Crippen LogP contribution in [0.15, 0.2) is 46.0 Å². The third-order valence-electron chi connectivity index (χ3n) is 2.75. The van der Waals surface area contributed by atoms with Crippen LogP contribution in [-0.4, -0.2) is 19.3 Å². The van der Waals surface area contributed by atoms with Gasteiger partial charge in [0.2, 0.25) is 5.91 Å². The van der Waals surface area contributed by atoms with Gasteiger partial charge in [0.15, 0.2) is 0 Å². The Hall–Kier alpha value is -1.93. The summed E-state index contributed by atoms with van der Waals surface area (Å²) in [6, 6.07) is 5.94. The van der Waals surface area contributed by atoms with E-state index in [1.54, 1.807) is 6.92 Å². The Morgan fingerprint density at radius 1 is 1.29 bits per heavy atom. The van der Waals surface area contributed by atoms with Crippen LogP contribution in [0.5, 0.6) is 0 Å². The molecule has 6 nitrogen and oxygen atoms in total. The highest BCUT2D eigenvalue weighted by Gasteiger charge is 2.16. The third kappa shape index (κ3) is 3.59. The molecular weight excluding hydrogens is 358 g/mol. The number of aryl methyl sites for hydroxylation is 1. The maximum Gasteiger partial charge on any atom is 0.263 e. The minimum absolute atomic E-state index is 0.0373. The van der Waals surface area contributed by atoms with Crippen molar-refractivity contribution in [1.82, 2.24) is 4.98 Å². The van der Waals surface area contributed by atoms with Gasteiger partial charge in [0, 0.05) is 22.4 Å². The molecule has 0 fully saturated rings. The first kappa shape index (κ1) is 15.5. The fraction of sp³-hybridized carbons (Fsp3) is 0.0769. The first-order valence-corrected chi connectivity index (χ1v) is 8.11. The fourth-order valence-corrected chi connectivity index (χ4v) is 3.31. The smallest absolute Gasteiger partial charge is 0.263 e. The number of nitrogens with one attached hydrogen (secondary N) is 1. The van der Waals surface area contributed by atoms with E-state index in [9.17, 15) is 13.2 Å². The van der Waals surface area contributed by atoms with E-state index in [1.807, 2.05) is 0 Å². The predicted molar refractivity (Wildman–Crippen MR) is 82.4 cm³/mol. The molecule has 1 aromatic heterocycles. The summed E-state index contributed by atoms with van der Waals surface area (Å²) in [7, 11) is -3.75. The molecule has 0 saturated carbocycles. The van der Waals surface area contributed by atoms with Gasteiger partial charge in [-0.05, 0) is 52.7 Å². The number of nitrogens with zero attached hydrogens (tertiary/aromatic N) is 1. The van der Waals surface area contributed by atoms with Crippen LogP contribution in [0.2, 0.25) is 0 Å². The summed E-state index contributed by atoms with van der Waals surface area (Å²) in [4.78, 5) is 14.9. The number of carbonyl (C=O) groups is 1. The summed E-state index contributed by atoms with van der Waals surface area (Å²) in [5, 5.41) is 0. The molecule has 110 valence electrons. The number of nitrogens with two attached hydrogens (primary N) is 1. The average molecular weight is 370 g/mol. The molecule has 1 aromatic carbocycles. The minimum atomic E-state index is -3.75. The average Bonchev–Trinajstić information content (AvgIpc) is 2.40. The Balaban J connectivity index is 2.35. The Bertz CT molecular complexity index is 806. The number of benzene rings is 1. The summed E-state index contributed by atoms with van der Waals surface area (Å²) >= 11 is 3.17. The maximum atomic E-state index is 12.3. The van der Waals surface area contributed by atoms with Crippen molar-refractivity contribution in [1.29, 1.82) is 0 Å². The normalized spacial score (nSPS) is 11.1. The second-order valence-electron chi connectivity index (χ2n) is 4.34. The molecule has 1 amide bonds. The van der Waals surface area contributed by atoms with E-state index in [-0.39, 0.29) is 4.90 Å². The Kier molecular flexibility index (Phi) is 4.29. The Labute approximate surface area is 130 Å². The molecule has 1 heterocycles. The number of carbonyl (C=O) groups excluding carboxylic acids is 1. The number of rotatable bonds is 4. The summed E-state index contributed by atoms with van der Waals surface area (Å²) in [6.07, 6.45) is 2.74. The van der Waals surface area contributed by atoms with E-state index < -0.39 is 15.9 Å². The lowest BCUT2D eigenvalue weighted by Gasteiger charge is -2.11. The lowest BCUT2D eigenvalue weighted by atomic mass is 10.1. The van der Waals surface area contributed by atoms with Crippen LogP contribution < -0.4 is 10.5 Å². The highest BCUT2D eigenvalue weighted by atomic mass is 79.9. The minimum Gasteiger partial charge on any atom is -0.366 e. The molecule has 0 aliphatic rings. The highest BCUT2D eigenvalue weighted by Crippen LogP contribution is 2.22. The zero-order valence-electron chi connectivity index (χ0n) is 11.0. The second kappa shape index (κ2) is 5.82. The van der Waals surface area contributed by atoms with Gasteiger partial charge in [0.1, 0.15) is 4.90 Å². The SMILES string of the molecule is Cc1cc(C(N)=O)ccc1NS(=O)(=O)c1cncc(Br)c1. The van der Waals surface area contributed by atoms with Crippen LogP contribution >= 0.6 is 15.9 Å². The molecule has 0 saturated heterocycles. The van der Waals surface area contributed by atoms with Gasteiger partial charge in [-0.25, -0.2) is 8.42 Å². The molecule has 21 heavy (non-hydrogen) atoms. The van der Waals surface area contributed by atoms with Crippen LogP contribution in [-0.2, 0) is 10.0 Å². The number of sulfonamides is 1. The van der Waals surface area contributed by atoms with E-state index in [2.05, 4.69) is 25.6 Å². The zero-order valence-corrected chi connectivity index (χ0v) is 13.4. The van der Waals surface area contributed by atoms with Crippen LogP contribution in [0, 0.1) is 6.92 Å². The van der Waals surface area contributed by atoms with E-state index >= 15 is 0 Å². The molecule has 0 atom stereocenters. The molecular formula is C13H12BrN3O3S. The van der Waals surface area contributed by atoms with Crippen LogP contribution in [0.1, 0.15) is 15.9 Å². The summed E-state index contributed by atoms with van der Waals surface area (Å²) in [5.41, 5.74) is 6.47. The zero-order chi connectivity index (χ0) is 15.6. The predicted octanol–water partition coefficient (Wildman–Crippen LogP) is 2.05. The highest BCUT2D eigenvalue weighted by molar-refractivity contribution is 9.10. The van der Waals surface area contributed by atoms with Gasteiger partial charge in [-0.15, -0.1) is 0 Å². The van der Waals surface area contributed by atoms with Gasteiger partial charge in [-0.1, -0.05) is 0 Å². The van der Waals surface area contributed by atoms with Gasteiger partial charge in [0.25, 0.3) is 10.0 Å². The van der Waals surface area contributed by atoms with Crippen molar-refractivity contribution in [3.8, 4) is 0 Å². The van der Waals surface area contributed by atoms with Gasteiger partial charge < -0.3 is 5.73 Å². The van der Waals surface area contributed by atoms with E-state index in [0.717, 1.165) is 0 Å². The van der Waals surface area contributed by atoms with Crippen molar-refractivity contribution < 1.29 is 13.2 Å². The van der Waals surface area contributed by atoms with Crippen LogP contribution in [0.4, 0.5) is 5.69 Å². The number of pyridine rings is 1. The van der Waals surface area contributed by atoms with Gasteiger partial charge >= 0.3 is 0 Å². The standard InChI is InChI=1S/C13H12BrN3O3S/c1-8-4-9(13(15)18)2-3-12(8)17-21(19,20)11-5-10(14)6-16-7-11/h2-7,17H,1H3,(H2,15,18). The number of hydrogen-bond acceptors (Lipinski definition) is 4. The molecule has 0 unspecified atom stereocenters. The first-order valence-electron chi connectivity index (χ1n) is 5.83. The lowest BCUT2D eigenvalue weighted by molar-refractivity contribution is 0.1000. The fourth-order valence-electron chi connectivity index (χ4n) is 1.67. The molecule has 8 heteroatoms. The number of hydrogen-bond donors (Lipinski definition) is 2.